The van der Waals surface area contributed by atoms with Crippen LogP contribution in [0.5, 0.6) is 0 Å². The lowest BCUT2D eigenvalue weighted by molar-refractivity contribution is 0.0978. The average Bonchev–Trinajstić information content (AvgIpc) is 3.21. The van der Waals surface area contributed by atoms with Crippen LogP contribution in [0.15, 0.2) is 47.5 Å². The molecule has 0 saturated heterocycles. The number of aromatic nitrogens is 2. The summed E-state index contributed by atoms with van der Waals surface area (Å²) in [4.78, 5) is 23.8. The largest absolute Gasteiger partial charge is 0.339 e. The number of hydrogen-bond donors (Lipinski definition) is 1. The van der Waals surface area contributed by atoms with Crippen molar-refractivity contribution in [1.82, 2.24) is 14.9 Å². The lowest BCUT2D eigenvalue weighted by atomic mass is 9.91. The number of carbonyl (C=O) groups excluding carboxylic acids is 1. The molecule has 4 aromatic rings. The number of nitrogens with one attached hydrogen (secondary N) is 1. The average molecular weight is 492 g/mol. The minimum atomic E-state index is -3.37. The van der Waals surface area contributed by atoms with Gasteiger partial charge >= 0.3 is 0 Å². The summed E-state index contributed by atoms with van der Waals surface area (Å²) in [5, 5.41) is 1.93. The number of carbonyl (C=O) groups is 1. The van der Waals surface area contributed by atoms with Crippen LogP contribution in [0, 0.1) is 13.8 Å². The molecule has 0 aliphatic heterocycles. The number of fused-ring (bicyclic) bond motifs is 3. The molecule has 0 unspecified atom stereocenters. The number of nitrogens with zero attached hydrogens (tertiary/aromatic N) is 2. The molecular formula is C28H33N3O3S. The first-order valence-corrected chi connectivity index (χ1v) is 13.7. The van der Waals surface area contributed by atoms with Crippen molar-refractivity contribution < 1.29 is 13.2 Å². The van der Waals surface area contributed by atoms with Gasteiger partial charge < -0.3 is 9.88 Å². The monoisotopic (exact) mass is 491 g/mol. The number of hydrogen-bond acceptors (Lipinski definition) is 5. The number of unbranched alkanes of at least 4 members (excludes halogenated alkanes) is 1. The van der Waals surface area contributed by atoms with Crippen LogP contribution in [0.1, 0.15) is 47.7 Å². The van der Waals surface area contributed by atoms with Gasteiger partial charge in [-0.25, -0.2) is 13.4 Å². The normalized spacial score (nSPS) is 12.2. The summed E-state index contributed by atoms with van der Waals surface area (Å²) in [5.74, 6) is 0.136. The molecule has 0 aliphatic carbocycles. The summed E-state index contributed by atoms with van der Waals surface area (Å²) in [5.41, 5.74) is 5.84. The van der Waals surface area contributed by atoms with Gasteiger partial charge in [-0.15, -0.1) is 0 Å². The molecule has 4 rings (SSSR count). The molecule has 0 saturated carbocycles. The summed E-state index contributed by atoms with van der Waals surface area (Å²) in [6.07, 6.45) is 4.07. The Balaban J connectivity index is 1.92. The van der Waals surface area contributed by atoms with E-state index in [9.17, 15) is 13.2 Å². The van der Waals surface area contributed by atoms with Gasteiger partial charge in [-0.3, -0.25) is 4.79 Å². The van der Waals surface area contributed by atoms with Crippen LogP contribution in [0.3, 0.4) is 0 Å². The predicted molar refractivity (Wildman–Crippen MR) is 143 cm³/mol. The third kappa shape index (κ3) is 5.02. The summed E-state index contributed by atoms with van der Waals surface area (Å²) in [6.45, 7) is 6.56. The molecule has 0 bridgehead atoms. The van der Waals surface area contributed by atoms with Gasteiger partial charge in [0, 0.05) is 29.0 Å². The standard InChI is InChI=1S/C28H33N3O3S/c1-6-35(33,34)21-11-9-10-20(15-21)23-16-22(25(32)12-7-8-13-31(4)5)19(3)27-26(23)24-14-18(2)17-29-28(24)30-27/h9-11,14-17H,6-8,12-13H2,1-5H3,(H,29,30). The van der Waals surface area contributed by atoms with Crippen molar-refractivity contribution in [3.05, 3.63) is 59.3 Å². The van der Waals surface area contributed by atoms with Gasteiger partial charge in [0.15, 0.2) is 15.6 Å². The Kier molecular flexibility index (Phi) is 7.10. The van der Waals surface area contributed by atoms with E-state index >= 15 is 0 Å². The Morgan fingerprint density at radius 3 is 2.57 bits per heavy atom. The van der Waals surface area contributed by atoms with Crippen LogP contribution < -0.4 is 0 Å². The molecule has 2 heterocycles. The highest BCUT2D eigenvalue weighted by molar-refractivity contribution is 7.91. The number of aryl methyl sites for hydroxylation is 2. The first kappa shape index (κ1) is 25.1. The van der Waals surface area contributed by atoms with Gasteiger partial charge in [0.2, 0.25) is 0 Å². The highest BCUT2D eigenvalue weighted by Crippen LogP contribution is 2.38. The maximum atomic E-state index is 13.3. The maximum Gasteiger partial charge on any atom is 0.178 e. The van der Waals surface area contributed by atoms with E-state index in [1.165, 1.54) is 0 Å². The molecular weight excluding hydrogens is 458 g/mol. The fraction of sp³-hybridized carbons (Fsp3) is 0.357. The summed E-state index contributed by atoms with van der Waals surface area (Å²) in [6, 6.07) is 11.1. The predicted octanol–water partition coefficient (Wildman–Crippen LogP) is 5.71. The molecule has 0 fully saturated rings. The molecule has 2 aromatic heterocycles. The zero-order valence-corrected chi connectivity index (χ0v) is 21.9. The fourth-order valence-corrected chi connectivity index (χ4v) is 5.51. The Bertz CT molecular complexity index is 1520. The van der Waals surface area contributed by atoms with E-state index in [1.807, 2.05) is 46.3 Å². The first-order chi connectivity index (χ1) is 16.6. The topological polar surface area (TPSA) is 83.1 Å². The van der Waals surface area contributed by atoms with Crippen molar-refractivity contribution in [3.8, 4) is 11.1 Å². The second-order valence-corrected chi connectivity index (χ2v) is 11.8. The van der Waals surface area contributed by atoms with Gasteiger partial charge in [-0.2, -0.15) is 0 Å². The molecule has 1 N–H and O–H groups in total. The minimum Gasteiger partial charge on any atom is -0.339 e. The van der Waals surface area contributed by atoms with Crippen molar-refractivity contribution in [2.75, 3.05) is 26.4 Å². The number of sulfone groups is 1. The number of rotatable bonds is 9. The van der Waals surface area contributed by atoms with Crippen molar-refractivity contribution in [1.29, 1.82) is 0 Å². The second-order valence-electron chi connectivity index (χ2n) is 9.50. The third-order valence-corrected chi connectivity index (χ3v) is 8.30. The molecule has 6 nitrogen and oxygen atoms in total. The zero-order valence-electron chi connectivity index (χ0n) is 21.1. The highest BCUT2D eigenvalue weighted by Gasteiger charge is 2.21. The van der Waals surface area contributed by atoms with Gasteiger partial charge in [0.05, 0.1) is 16.2 Å². The van der Waals surface area contributed by atoms with E-state index in [0.717, 1.165) is 63.6 Å². The van der Waals surface area contributed by atoms with Crippen LogP contribution in [0.2, 0.25) is 0 Å². The van der Waals surface area contributed by atoms with Gasteiger partial charge in [-0.05, 0) is 93.8 Å². The summed E-state index contributed by atoms with van der Waals surface area (Å²) < 4.78 is 25.2. The number of H-pyrrole nitrogens is 1. The van der Waals surface area contributed by atoms with Gasteiger partial charge in [0.1, 0.15) is 5.65 Å². The smallest absolute Gasteiger partial charge is 0.178 e. The van der Waals surface area contributed by atoms with E-state index < -0.39 is 9.84 Å². The van der Waals surface area contributed by atoms with Crippen LogP contribution in [0.25, 0.3) is 33.1 Å². The lowest BCUT2D eigenvalue weighted by Crippen LogP contribution is -2.13. The molecule has 0 spiro atoms. The van der Waals surface area contributed by atoms with Crippen molar-refractivity contribution in [3.63, 3.8) is 0 Å². The quantitative estimate of drug-likeness (QED) is 0.240. The first-order valence-electron chi connectivity index (χ1n) is 12.0. The van der Waals surface area contributed by atoms with E-state index in [-0.39, 0.29) is 16.4 Å². The van der Waals surface area contributed by atoms with Gasteiger partial charge in [0.25, 0.3) is 0 Å². The Morgan fingerprint density at radius 2 is 1.86 bits per heavy atom. The fourth-order valence-electron chi connectivity index (χ4n) is 4.58. The molecule has 0 amide bonds. The Morgan fingerprint density at radius 1 is 1.09 bits per heavy atom. The molecule has 2 aromatic carbocycles. The Hall–Kier alpha value is -3.03. The SMILES string of the molecule is CCS(=O)(=O)c1cccc(-c2cc(C(=O)CCCCN(C)C)c(C)c3[nH]c4ncc(C)cc4c23)c1. The highest BCUT2D eigenvalue weighted by atomic mass is 32.2. The van der Waals surface area contributed by atoms with Crippen LogP contribution >= 0.6 is 0 Å². The number of benzene rings is 2. The van der Waals surface area contributed by atoms with Crippen molar-refractivity contribution in [2.45, 2.75) is 44.9 Å². The molecule has 7 heteroatoms. The van der Waals surface area contributed by atoms with Crippen LogP contribution in [0.4, 0.5) is 0 Å². The van der Waals surface area contributed by atoms with E-state index in [0.29, 0.717) is 12.0 Å². The zero-order chi connectivity index (χ0) is 25.3. The minimum absolute atomic E-state index is 0.0344. The van der Waals surface area contributed by atoms with Crippen LogP contribution in [-0.4, -0.2) is 55.5 Å². The van der Waals surface area contributed by atoms with E-state index in [4.69, 9.17) is 0 Å². The van der Waals surface area contributed by atoms with Crippen molar-refractivity contribution in [2.24, 2.45) is 0 Å². The third-order valence-electron chi connectivity index (χ3n) is 6.57. The summed E-state index contributed by atoms with van der Waals surface area (Å²) in [7, 11) is 0.699. The molecule has 0 atom stereocenters. The second kappa shape index (κ2) is 9.91. The van der Waals surface area contributed by atoms with E-state index in [2.05, 4.69) is 20.9 Å². The number of Topliss-reactive ketones (excluding diaryl/α,β-unsaturated/α-hetero) is 1. The molecule has 0 aliphatic rings. The Labute approximate surface area is 207 Å². The number of ketones is 1. The molecule has 35 heavy (non-hydrogen) atoms. The maximum absolute atomic E-state index is 13.3. The molecule has 0 radical (unpaired) electrons. The van der Waals surface area contributed by atoms with Crippen LogP contribution in [-0.2, 0) is 9.84 Å². The van der Waals surface area contributed by atoms with Gasteiger partial charge in [-0.1, -0.05) is 19.1 Å². The molecule has 184 valence electrons. The number of pyridine rings is 1. The number of aromatic amines is 1. The lowest BCUT2D eigenvalue weighted by Gasteiger charge is -2.13. The van der Waals surface area contributed by atoms with Crippen molar-refractivity contribution >= 4 is 37.6 Å². The van der Waals surface area contributed by atoms with E-state index in [1.54, 1.807) is 25.1 Å². The summed E-state index contributed by atoms with van der Waals surface area (Å²) >= 11 is 0.